The van der Waals surface area contributed by atoms with Crippen LogP contribution in [0.15, 0.2) is 48.5 Å². The van der Waals surface area contributed by atoms with Gasteiger partial charge in [0.25, 0.3) is 0 Å². The summed E-state index contributed by atoms with van der Waals surface area (Å²) in [6.07, 6.45) is 1.51. The van der Waals surface area contributed by atoms with E-state index in [4.69, 9.17) is 5.26 Å². The molecule has 0 saturated carbocycles. The van der Waals surface area contributed by atoms with Gasteiger partial charge in [0.2, 0.25) is 0 Å². The van der Waals surface area contributed by atoms with Crippen molar-refractivity contribution in [3.63, 3.8) is 0 Å². The summed E-state index contributed by atoms with van der Waals surface area (Å²) >= 11 is 0. The smallest absolute Gasteiger partial charge is 0.0991 e. The predicted octanol–water partition coefficient (Wildman–Crippen LogP) is 2.35. The largest absolute Gasteiger partial charge is 0.387 e. The topological polar surface area (TPSA) is 56.0 Å². The molecule has 0 spiro atoms. The zero-order valence-corrected chi connectivity index (χ0v) is 11.8. The van der Waals surface area contributed by atoms with Crippen molar-refractivity contribution in [1.29, 1.82) is 5.26 Å². The van der Waals surface area contributed by atoms with E-state index in [0.29, 0.717) is 18.2 Å². The van der Waals surface area contributed by atoms with Crippen LogP contribution in [0.4, 0.5) is 0 Å². The van der Waals surface area contributed by atoms with Gasteiger partial charge in [-0.25, -0.2) is 0 Å². The van der Waals surface area contributed by atoms with Crippen molar-refractivity contribution in [2.45, 2.75) is 25.0 Å². The van der Waals surface area contributed by atoms with Crippen molar-refractivity contribution in [2.75, 3.05) is 6.54 Å². The van der Waals surface area contributed by atoms with Gasteiger partial charge in [0.1, 0.15) is 0 Å². The average Bonchev–Trinajstić information content (AvgIpc) is 2.95. The maximum absolute atomic E-state index is 10.2. The van der Waals surface area contributed by atoms with Gasteiger partial charge >= 0.3 is 0 Å². The van der Waals surface area contributed by atoms with Crippen molar-refractivity contribution < 1.29 is 5.11 Å². The van der Waals surface area contributed by atoms with Gasteiger partial charge in [-0.05, 0) is 41.7 Å². The van der Waals surface area contributed by atoms with Crippen molar-refractivity contribution in [1.82, 2.24) is 5.32 Å². The van der Waals surface area contributed by atoms with Crippen LogP contribution in [0.3, 0.4) is 0 Å². The van der Waals surface area contributed by atoms with E-state index in [1.165, 1.54) is 11.1 Å². The number of nitrogens with zero attached hydrogens (tertiary/aromatic N) is 1. The molecule has 1 atom stereocenters. The Morgan fingerprint density at radius 1 is 1.10 bits per heavy atom. The van der Waals surface area contributed by atoms with Gasteiger partial charge in [-0.15, -0.1) is 0 Å². The summed E-state index contributed by atoms with van der Waals surface area (Å²) in [5, 5.41) is 22.4. The van der Waals surface area contributed by atoms with Gasteiger partial charge in [0.15, 0.2) is 0 Å². The highest BCUT2D eigenvalue weighted by Gasteiger charge is 2.21. The number of benzene rings is 2. The molecule has 0 amide bonds. The van der Waals surface area contributed by atoms with Crippen molar-refractivity contribution in [3.05, 3.63) is 70.8 Å². The number of aliphatic hydroxyl groups excluding tert-OH is 1. The summed E-state index contributed by atoms with van der Waals surface area (Å²) in [6.45, 7) is 0.532. The fourth-order valence-corrected chi connectivity index (χ4v) is 2.88. The van der Waals surface area contributed by atoms with Gasteiger partial charge in [0, 0.05) is 12.6 Å². The molecular weight excluding hydrogens is 260 g/mol. The van der Waals surface area contributed by atoms with Gasteiger partial charge < -0.3 is 10.4 Å². The third kappa shape index (κ3) is 3.13. The molecule has 106 valence electrons. The molecule has 1 aliphatic carbocycles. The fourth-order valence-electron chi connectivity index (χ4n) is 2.88. The van der Waals surface area contributed by atoms with Gasteiger partial charge in [-0.3, -0.25) is 0 Å². The van der Waals surface area contributed by atoms with Gasteiger partial charge in [-0.1, -0.05) is 36.4 Å². The van der Waals surface area contributed by atoms with E-state index in [0.717, 1.165) is 18.4 Å². The molecule has 2 aromatic rings. The summed E-state index contributed by atoms with van der Waals surface area (Å²) in [5.41, 5.74) is 4.27. The first kappa shape index (κ1) is 13.8. The minimum absolute atomic E-state index is 0.399. The lowest BCUT2D eigenvalue weighted by Crippen LogP contribution is -2.33. The molecule has 2 N–H and O–H groups in total. The molecule has 0 aromatic heterocycles. The molecule has 1 aliphatic rings. The minimum atomic E-state index is -0.540. The number of nitrogens with one attached hydrogen (secondary N) is 1. The van der Waals surface area contributed by atoms with Crippen LogP contribution in [0, 0.1) is 11.3 Å². The first-order chi connectivity index (χ1) is 10.3. The second kappa shape index (κ2) is 6.09. The molecule has 0 bridgehead atoms. The lowest BCUT2D eigenvalue weighted by atomic mass is 10.1. The van der Waals surface area contributed by atoms with Crippen LogP contribution in [-0.4, -0.2) is 17.7 Å². The highest BCUT2D eigenvalue weighted by atomic mass is 16.3. The van der Waals surface area contributed by atoms with Crippen molar-refractivity contribution >= 4 is 0 Å². The summed E-state index contributed by atoms with van der Waals surface area (Å²) < 4.78 is 0. The molecule has 1 unspecified atom stereocenters. The van der Waals surface area contributed by atoms with Crippen molar-refractivity contribution in [2.24, 2.45) is 0 Å². The van der Waals surface area contributed by atoms with Crippen LogP contribution >= 0.6 is 0 Å². The lowest BCUT2D eigenvalue weighted by Gasteiger charge is -2.16. The Bertz CT molecular complexity index is 633. The Balaban J connectivity index is 1.55. The summed E-state index contributed by atoms with van der Waals surface area (Å²) in [6, 6.07) is 18.1. The molecular formula is C18H18N2O. The molecule has 0 aliphatic heterocycles. The number of hydrogen-bond donors (Lipinski definition) is 2. The summed E-state index contributed by atoms with van der Waals surface area (Å²) in [4.78, 5) is 0. The Kier molecular flexibility index (Phi) is 4.01. The van der Waals surface area contributed by atoms with Crippen LogP contribution in [0.2, 0.25) is 0 Å². The van der Waals surface area contributed by atoms with Gasteiger partial charge in [-0.2, -0.15) is 5.26 Å². The Hall–Kier alpha value is -2.15. The highest BCUT2D eigenvalue weighted by molar-refractivity contribution is 5.34. The van der Waals surface area contributed by atoms with Crippen LogP contribution < -0.4 is 5.32 Å². The van der Waals surface area contributed by atoms with Gasteiger partial charge in [0.05, 0.1) is 17.7 Å². The Labute approximate surface area is 124 Å². The molecule has 2 aromatic carbocycles. The van der Waals surface area contributed by atoms with Crippen LogP contribution in [0.5, 0.6) is 0 Å². The highest BCUT2D eigenvalue weighted by Crippen LogP contribution is 2.22. The number of aliphatic hydroxyl groups is 1. The first-order valence-electron chi connectivity index (χ1n) is 7.24. The quantitative estimate of drug-likeness (QED) is 0.902. The molecule has 0 radical (unpaired) electrons. The zero-order chi connectivity index (χ0) is 14.7. The molecule has 3 rings (SSSR count). The van der Waals surface area contributed by atoms with E-state index in [-0.39, 0.29) is 0 Å². The number of rotatable bonds is 4. The average molecular weight is 278 g/mol. The summed E-state index contributed by atoms with van der Waals surface area (Å²) in [5.74, 6) is 0. The monoisotopic (exact) mass is 278 g/mol. The number of hydrogen-bond acceptors (Lipinski definition) is 3. The normalized spacial score (nSPS) is 15.4. The van der Waals surface area contributed by atoms with E-state index >= 15 is 0 Å². The molecule has 3 heteroatoms. The van der Waals surface area contributed by atoms with Crippen molar-refractivity contribution in [3.8, 4) is 6.07 Å². The Morgan fingerprint density at radius 3 is 2.29 bits per heavy atom. The SMILES string of the molecule is N#Cc1ccc(C(O)CNC2Cc3ccccc3C2)cc1. The number of fused-ring (bicyclic) bond motifs is 1. The first-order valence-corrected chi connectivity index (χ1v) is 7.24. The third-order valence-electron chi connectivity index (χ3n) is 4.08. The third-order valence-corrected chi connectivity index (χ3v) is 4.08. The molecule has 0 fully saturated rings. The van der Waals surface area contributed by atoms with Crippen LogP contribution in [0.1, 0.15) is 28.4 Å². The van der Waals surface area contributed by atoms with E-state index in [1.807, 2.05) is 12.1 Å². The maximum atomic E-state index is 10.2. The molecule has 21 heavy (non-hydrogen) atoms. The summed E-state index contributed by atoms with van der Waals surface area (Å²) in [7, 11) is 0. The van der Waals surface area contributed by atoms with Crippen LogP contribution in [-0.2, 0) is 12.8 Å². The standard InChI is InChI=1S/C18H18N2O/c19-11-13-5-7-14(8-6-13)18(21)12-20-17-9-15-3-1-2-4-16(15)10-17/h1-8,17-18,20-21H,9-10,12H2. The lowest BCUT2D eigenvalue weighted by molar-refractivity contribution is 0.170. The second-order valence-electron chi connectivity index (χ2n) is 5.53. The second-order valence-corrected chi connectivity index (χ2v) is 5.53. The predicted molar refractivity (Wildman–Crippen MR) is 81.8 cm³/mol. The minimum Gasteiger partial charge on any atom is -0.387 e. The molecule has 0 saturated heterocycles. The fraction of sp³-hybridized carbons (Fsp3) is 0.278. The van der Waals surface area contributed by atoms with Crippen LogP contribution in [0.25, 0.3) is 0 Å². The molecule has 3 nitrogen and oxygen atoms in total. The number of nitriles is 1. The van der Waals surface area contributed by atoms with E-state index in [2.05, 4.69) is 35.7 Å². The van der Waals surface area contributed by atoms with E-state index in [1.54, 1.807) is 12.1 Å². The maximum Gasteiger partial charge on any atom is 0.0991 e. The zero-order valence-electron chi connectivity index (χ0n) is 11.8. The Morgan fingerprint density at radius 2 is 1.71 bits per heavy atom. The van der Waals surface area contributed by atoms with E-state index < -0.39 is 6.10 Å². The van der Waals surface area contributed by atoms with E-state index in [9.17, 15) is 5.11 Å². The molecule has 0 heterocycles.